The highest BCUT2D eigenvalue weighted by molar-refractivity contribution is 5.85. The van der Waals surface area contributed by atoms with E-state index in [0.717, 1.165) is 39.0 Å². The average Bonchev–Trinajstić information content (AvgIpc) is 3.44. The van der Waals surface area contributed by atoms with Gasteiger partial charge in [-0.25, -0.2) is 4.79 Å². The minimum atomic E-state index is -0.941. The Kier molecular flexibility index (Phi) is 13.1. The van der Waals surface area contributed by atoms with Crippen LogP contribution in [0.25, 0.3) is 0 Å². The number of piperidine rings is 1. The Hall–Kier alpha value is -2.28. The lowest BCUT2D eigenvalue weighted by Crippen LogP contribution is -2.49. The first-order valence-corrected chi connectivity index (χ1v) is 16.1. The van der Waals surface area contributed by atoms with Crippen molar-refractivity contribution in [3.63, 3.8) is 0 Å². The number of likely N-dealkylation sites (tertiary alicyclic amines) is 1. The molecule has 3 saturated heterocycles. The Balaban J connectivity index is 1.42. The second kappa shape index (κ2) is 16.7. The van der Waals surface area contributed by atoms with Gasteiger partial charge in [-0.05, 0) is 63.9 Å². The minimum Gasteiger partial charge on any atom is -0.481 e. The van der Waals surface area contributed by atoms with Gasteiger partial charge in [-0.1, -0.05) is 51.2 Å². The summed E-state index contributed by atoms with van der Waals surface area (Å²) in [5, 5.41) is 15.4. The molecule has 11 heteroatoms. The first-order chi connectivity index (χ1) is 20.7. The van der Waals surface area contributed by atoms with Gasteiger partial charge in [0.05, 0.1) is 6.42 Å². The molecule has 11 nitrogen and oxygen atoms in total. The lowest BCUT2D eigenvalue weighted by molar-refractivity contribution is -0.228. The first-order valence-electron chi connectivity index (χ1n) is 16.1. The number of hydrogen-bond acceptors (Lipinski definition) is 9. The molecule has 43 heavy (non-hydrogen) atoms. The predicted molar refractivity (Wildman–Crippen MR) is 162 cm³/mol. The van der Waals surface area contributed by atoms with E-state index in [4.69, 9.17) is 28.8 Å². The molecule has 3 heterocycles. The van der Waals surface area contributed by atoms with Gasteiger partial charge in [-0.3, -0.25) is 10.1 Å². The topological polar surface area (TPSA) is 128 Å². The van der Waals surface area contributed by atoms with Crippen molar-refractivity contribution in [1.82, 2.24) is 10.2 Å². The summed E-state index contributed by atoms with van der Waals surface area (Å²) in [7, 11) is 0. The molecule has 1 aromatic rings. The lowest BCUT2D eigenvalue weighted by atomic mass is 10.0. The van der Waals surface area contributed by atoms with Crippen LogP contribution in [0.4, 0.5) is 10.5 Å². The van der Waals surface area contributed by atoms with Crippen LogP contribution >= 0.6 is 0 Å². The highest BCUT2D eigenvalue weighted by Crippen LogP contribution is 2.40. The van der Waals surface area contributed by atoms with Crippen LogP contribution < -0.4 is 10.6 Å². The van der Waals surface area contributed by atoms with Crippen molar-refractivity contribution < 1.29 is 38.4 Å². The van der Waals surface area contributed by atoms with E-state index in [1.807, 2.05) is 13.8 Å². The number of unbranched alkanes of at least 4 members (excludes halogenated alkanes) is 4. The van der Waals surface area contributed by atoms with Gasteiger partial charge in [0, 0.05) is 31.9 Å². The van der Waals surface area contributed by atoms with Crippen molar-refractivity contribution in [1.29, 1.82) is 0 Å². The first kappa shape index (κ1) is 33.6. The fourth-order valence-corrected chi connectivity index (χ4v) is 6.03. The van der Waals surface area contributed by atoms with Gasteiger partial charge in [-0.2, -0.15) is 0 Å². The number of hydrogen-bond donors (Lipinski definition) is 3. The van der Waals surface area contributed by atoms with Crippen molar-refractivity contribution in [2.75, 3.05) is 44.6 Å². The van der Waals surface area contributed by atoms with Crippen molar-refractivity contribution in [2.45, 2.75) is 115 Å². The Morgan fingerprint density at radius 1 is 1.12 bits per heavy atom. The molecule has 3 aliphatic heterocycles. The molecule has 0 aromatic heterocycles. The van der Waals surface area contributed by atoms with Gasteiger partial charge in [0.1, 0.15) is 24.4 Å². The number of carboxylic acid groups (broad SMARTS) is 1. The normalized spacial score (nSPS) is 25.7. The summed E-state index contributed by atoms with van der Waals surface area (Å²) in [5.41, 5.74) is 1.04. The average molecular weight is 606 g/mol. The molecule has 0 bridgehead atoms. The Morgan fingerprint density at radius 2 is 1.91 bits per heavy atom. The number of fused-ring (bicyclic) bond motifs is 1. The Labute approximate surface area is 255 Å². The van der Waals surface area contributed by atoms with E-state index in [1.165, 1.54) is 38.5 Å². The summed E-state index contributed by atoms with van der Waals surface area (Å²) in [6.07, 6.45) is 5.70. The largest absolute Gasteiger partial charge is 0.481 e. The highest BCUT2D eigenvalue weighted by Gasteiger charge is 2.57. The number of carbonyl (C=O) groups is 2. The molecule has 0 aliphatic carbocycles. The van der Waals surface area contributed by atoms with Crippen LogP contribution in [0.1, 0.15) is 77.7 Å². The maximum absolute atomic E-state index is 13.2. The van der Waals surface area contributed by atoms with Crippen LogP contribution in [-0.2, 0) is 34.9 Å². The predicted octanol–water partition coefficient (Wildman–Crippen LogP) is 4.54. The zero-order valence-electron chi connectivity index (χ0n) is 26.1. The van der Waals surface area contributed by atoms with Crippen LogP contribution in [0.15, 0.2) is 24.3 Å². The highest BCUT2D eigenvalue weighted by atomic mass is 16.8. The van der Waals surface area contributed by atoms with Crippen molar-refractivity contribution in [3.05, 3.63) is 29.8 Å². The molecule has 5 atom stereocenters. The van der Waals surface area contributed by atoms with E-state index in [1.54, 1.807) is 24.3 Å². The van der Waals surface area contributed by atoms with Gasteiger partial charge in [0.15, 0.2) is 12.1 Å². The van der Waals surface area contributed by atoms with Crippen LogP contribution in [0.5, 0.6) is 0 Å². The van der Waals surface area contributed by atoms with E-state index >= 15 is 0 Å². The second-order valence-corrected chi connectivity index (χ2v) is 12.3. The SMILES string of the molecule is CCCCCCCO[C@@H]1[C@H]2OC(C)(C)O[C@H]2O[C@@H]1[C@@H](CNCCN1CCCCC1)OC(=O)Nc1cccc(CC(=O)O)c1. The molecule has 0 saturated carbocycles. The fourth-order valence-electron chi connectivity index (χ4n) is 6.03. The third-order valence-electron chi connectivity index (χ3n) is 8.14. The maximum Gasteiger partial charge on any atom is 0.412 e. The third kappa shape index (κ3) is 10.7. The third-order valence-corrected chi connectivity index (χ3v) is 8.14. The van der Waals surface area contributed by atoms with E-state index in [9.17, 15) is 9.59 Å². The van der Waals surface area contributed by atoms with Gasteiger partial charge in [0.25, 0.3) is 0 Å². The van der Waals surface area contributed by atoms with E-state index in [-0.39, 0.29) is 6.42 Å². The van der Waals surface area contributed by atoms with Crippen LogP contribution in [0, 0.1) is 0 Å². The van der Waals surface area contributed by atoms with Gasteiger partial charge < -0.3 is 39.0 Å². The smallest absolute Gasteiger partial charge is 0.412 e. The number of carboxylic acids is 1. The molecule has 0 unspecified atom stereocenters. The molecule has 1 amide bonds. The molecule has 4 rings (SSSR count). The molecule has 3 fully saturated rings. The number of rotatable bonds is 17. The number of nitrogens with one attached hydrogen (secondary N) is 2. The molecular weight excluding hydrogens is 554 g/mol. The standard InChI is InChI=1S/C32H51N3O8/c1-4-5-6-7-11-19-39-28-27(41-30-29(28)42-32(2,3)43-30)25(22-33-15-18-35-16-9-8-10-17-35)40-31(38)34-24-14-12-13-23(20-24)21-26(36)37/h12-14,20,25,27-30,33H,4-11,15-19,21-22H2,1-3H3,(H,34,38)(H,36,37)/t25-,27-,28+,29-,30-/m1/s1. The number of anilines is 1. The van der Waals surface area contributed by atoms with Crippen LogP contribution in [0.2, 0.25) is 0 Å². The van der Waals surface area contributed by atoms with E-state index < -0.39 is 48.6 Å². The summed E-state index contributed by atoms with van der Waals surface area (Å²) >= 11 is 0. The number of nitrogens with zero attached hydrogens (tertiary/aromatic N) is 1. The molecule has 3 aliphatic rings. The lowest BCUT2D eigenvalue weighted by Gasteiger charge is -2.31. The summed E-state index contributed by atoms with van der Waals surface area (Å²) in [6, 6.07) is 6.74. The Bertz CT molecular complexity index is 1020. The van der Waals surface area contributed by atoms with Crippen molar-refractivity contribution in [3.8, 4) is 0 Å². The molecule has 3 N–H and O–H groups in total. The molecule has 0 spiro atoms. The minimum absolute atomic E-state index is 0.138. The molecule has 0 radical (unpaired) electrons. The Morgan fingerprint density at radius 3 is 2.67 bits per heavy atom. The number of aliphatic carboxylic acids is 1. The number of ether oxygens (including phenoxy) is 5. The van der Waals surface area contributed by atoms with Crippen LogP contribution in [-0.4, -0.2) is 97.9 Å². The van der Waals surface area contributed by atoms with E-state index in [0.29, 0.717) is 24.4 Å². The van der Waals surface area contributed by atoms with Gasteiger partial charge in [-0.15, -0.1) is 0 Å². The van der Waals surface area contributed by atoms with Crippen molar-refractivity contribution in [2.24, 2.45) is 0 Å². The summed E-state index contributed by atoms with van der Waals surface area (Å²) in [4.78, 5) is 26.8. The molecular formula is C32H51N3O8. The summed E-state index contributed by atoms with van der Waals surface area (Å²) in [6.45, 7) is 10.7. The van der Waals surface area contributed by atoms with Gasteiger partial charge in [0.2, 0.25) is 0 Å². The van der Waals surface area contributed by atoms with E-state index in [2.05, 4.69) is 22.5 Å². The fraction of sp³-hybridized carbons (Fsp3) is 0.750. The monoisotopic (exact) mass is 605 g/mol. The summed E-state index contributed by atoms with van der Waals surface area (Å²) in [5.74, 6) is -1.74. The zero-order valence-corrected chi connectivity index (χ0v) is 26.1. The van der Waals surface area contributed by atoms with Crippen LogP contribution in [0.3, 0.4) is 0 Å². The zero-order chi connectivity index (χ0) is 30.7. The number of carbonyl (C=O) groups excluding carboxylic acids is 1. The molecule has 1 aromatic carbocycles. The van der Waals surface area contributed by atoms with Gasteiger partial charge >= 0.3 is 12.1 Å². The maximum atomic E-state index is 13.2. The molecule has 242 valence electrons. The number of amides is 1. The van der Waals surface area contributed by atoms with Crippen molar-refractivity contribution >= 4 is 17.7 Å². The number of benzene rings is 1. The quantitative estimate of drug-likeness (QED) is 0.218. The summed E-state index contributed by atoms with van der Waals surface area (Å²) < 4.78 is 31.0. The second-order valence-electron chi connectivity index (χ2n) is 12.3.